The highest BCUT2D eigenvalue weighted by Crippen LogP contribution is 2.30. The molecule has 1 saturated heterocycles. The van der Waals surface area contributed by atoms with E-state index in [1.165, 1.54) is 13.2 Å². The number of benzene rings is 1. The first kappa shape index (κ1) is 23.4. The van der Waals surface area contributed by atoms with E-state index in [2.05, 4.69) is 18.7 Å². The summed E-state index contributed by atoms with van der Waals surface area (Å²) in [5, 5.41) is 0.395. The van der Waals surface area contributed by atoms with Gasteiger partial charge < -0.3 is 14.5 Å². The maximum atomic E-state index is 14.5. The van der Waals surface area contributed by atoms with Crippen LogP contribution in [0.5, 0.6) is 0 Å². The Morgan fingerprint density at radius 1 is 1.23 bits per heavy atom. The predicted octanol–water partition coefficient (Wildman–Crippen LogP) is 3.98. The molecule has 0 N–H and O–H groups in total. The fourth-order valence-corrected chi connectivity index (χ4v) is 3.96. The van der Waals surface area contributed by atoms with Crippen molar-refractivity contribution in [3.63, 3.8) is 0 Å². The second-order valence-corrected chi connectivity index (χ2v) is 8.36. The van der Waals surface area contributed by atoms with Crippen LogP contribution in [0.2, 0.25) is 5.02 Å². The van der Waals surface area contributed by atoms with Crippen LogP contribution in [0.1, 0.15) is 48.8 Å². The van der Waals surface area contributed by atoms with Gasteiger partial charge in [-0.3, -0.25) is 4.79 Å². The lowest BCUT2D eigenvalue weighted by Gasteiger charge is -2.36. The van der Waals surface area contributed by atoms with Crippen LogP contribution in [-0.2, 0) is 16.0 Å². The normalized spacial score (nSPS) is 15.3. The Kier molecular flexibility index (Phi) is 7.84. The van der Waals surface area contributed by atoms with Crippen LogP contribution in [0, 0.1) is 12.7 Å². The number of methoxy groups -OCH3 is 1. The highest BCUT2D eigenvalue weighted by atomic mass is 35.5. The van der Waals surface area contributed by atoms with Crippen molar-refractivity contribution in [2.75, 3.05) is 44.8 Å². The van der Waals surface area contributed by atoms with E-state index in [0.29, 0.717) is 43.2 Å². The van der Waals surface area contributed by atoms with Crippen LogP contribution in [0.25, 0.3) is 0 Å². The van der Waals surface area contributed by atoms with Crippen molar-refractivity contribution >= 4 is 23.3 Å². The Balaban J connectivity index is 1.95. The van der Waals surface area contributed by atoms with E-state index in [0.717, 1.165) is 29.3 Å². The van der Waals surface area contributed by atoms with Gasteiger partial charge in [0.05, 0.1) is 0 Å². The minimum atomic E-state index is -0.334. The minimum absolute atomic E-state index is 0.0142. The molecular weight excluding hydrogens is 419 g/mol. The molecule has 168 valence electrons. The van der Waals surface area contributed by atoms with E-state index < -0.39 is 0 Å². The van der Waals surface area contributed by atoms with Crippen LogP contribution in [0.15, 0.2) is 18.2 Å². The highest BCUT2D eigenvalue weighted by molar-refractivity contribution is 6.31. The van der Waals surface area contributed by atoms with Crippen LogP contribution < -0.4 is 4.90 Å². The number of halogens is 2. The van der Waals surface area contributed by atoms with Crippen molar-refractivity contribution in [1.82, 2.24) is 14.9 Å². The molecule has 1 atom stereocenters. The molecule has 1 aliphatic heterocycles. The first-order valence-corrected chi connectivity index (χ1v) is 11.0. The minimum Gasteiger partial charge on any atom is -0.375 e. The van der Waals surface area contributed by atoms with Crippen LogP contribution in [-0.4, -0.2) is 60.7 Å². The Hall–Kier alpha value is -2.25. The van der Waals surface area contributed by atoms with Crippen molar-refractivity contribution in [2.24, 2.45) is 0 Å². The number of amides is 1. The van der Waals surface area contributed by atoms with Crippen molar-refractivity contribution in [3.8, 4) is 0 Å². The highest BCUT2D eigenvalue weighted by Gasteiger charge is 2.26. The van der Waals surface area contributed by atoms with Crippen LogP contribution in [0.4, 0.5) is 10.2 Å². The summed E-state index contributed by atoms with van der Waals surface area (Å²) >= 11 is 6.31. The summed E-state index contributed by atoms with van der Waals surface area (Å²) in [5.74, 6) is 1.46. The molecular formula is C23H30ClFN4O2. The number of nitrogens with zero attached hydrogens (tertiary/aromatic N) is 4. The Bertz CT molecular complexity index is 912. The van der Waals surface area contributed by atoms with Gasteiger partial charge in [-0.1, -0.05) is 31.5 Å². The number of aryl methyl sites for hydroxylation is 1. The summed E-state index contributed by atoms with van der Waals surface area (Å²) < 4.78 is 19.5. The second-order valence-electron chi connectivity index (χ2n) is 7.96. The molecule has 6 nitrogen and oxygen atoms in total. The molecule has 3 rings (SSSR count). The summed E-state index contributed by atoms with van der Waals surface area (Å²) in [4.78, 5) is 25.8. The average molecular weight is 449 g/mol. The first-order chi connectivity index (χ1) is 14.8. The lowest BCUT2D eigenvalue weighted by molar-refractivity contribution is -0.135. The van der Waals surface area contributed by atoms with Crippen LogP contribution >= 0.6 is 11.6 Å². The smallest absolute Gasteiger partial charge is 0.248 e. The topological polar surface area (TPSA) is 58.6 Å². The van der Waals surface area contributed by atoms with E-state index in [4.69, 9.17) is 26.3 Å². The van der Waals surface area contributed by atoms with Crippen molar-refractivity contribution in [1.29, 1.82) is 0 Å². The fraction of sp³-hybridized carbons (Fsp3) is 0.522. The van der Waals surface area contributed by atoms with Gasteiger partial charge in [0, 0.05) is 67.5 Å². The summed E-state index contributed by atoms with van der Waals surface area (Å²) in [6.07, 6.45) is 1.24. The van der Waals surface area contributed by atoms with E-state index in [1.54, 1.807) is 17.0 Å². The molecule has 2 heterocycles. The molecule has 0 bridgehead atoms. The maximum Gasteiger partial charge on any atom is 0.248 e. The molecule has 1 amide bonds. The number of hydrogen-bond acceptors (Lipinski definition) is 5. The van der Waals surface area contributed by atoms with Gasteiger partial charge >= 0.3 is 0 Å². The number of aromatic nitrogens is 2. The third kappa shape index (κ3) is 5.33. The number of piperazine rings is 1. The maximum absolute atomic E-state index is 14.5. The molecule has 0 radical (unpaired) electrons. The van der Waals surface area contributed by atoms with Gasteiger partial charge in [0.15, 0.2) is 0 Å². The molecule has 1 aliphatic rings. The largest absolute Gasteiger partial charge is 0.375 e. The predicted molar refractivity (Wildman–Crippen MR) is 120 cm³/mol. The zero-order valence-electron chi connectivity index (χ0n) is 18.6. The third-order valence-corrected chi connectivity index (χ3v) is 6.23. The number of carbonyl (C=O) groups excluding carboxylic acids is 1. The summed E-state index contributed by atoms with van der Waals surface area (Å²) in [6, 6.07) is 4.72. The van der Waals surface area contributed by atoms with Gasteiger partial charge in [0.25, 0.3) is 0 Å². The Morgan fingerprint density at radius 3 is 2.55 bits per heavy atom. The Labute approximate surface area is 188 Å². The van der Waals surface area contributed by atoms with Gasteiger partial charge in [0.2, 0.25) is 5.91 Å². The van der Waals surface area contributed by atoms with Crippen molar-refractivity contribution < 1.29 is 13.9 Å². The van der Waals surface area contributed by atoms with Gasteiger partial charge in [-0.15, -0.1) is 0 Å². The van der Waals surface area contributed by atoms with Crippen molar-refractivity contribution in [3.05, 3.63) is 51.7 Å². The second kappa shape index (κ2) is 10.4. The summed E-state index contributed by atoms with van der Waals surface area (Å²) in [5.41, 5.74) is 2.15. The third-order valence-electron chi connectivity index (χ3n) is 5.88. The molecule has 8 heteroatoms. The first-order valence-electron chi connectivity index (χ1n) is 10.7. The van der Waals surface area contributed by atoms with E-state index in [1.807, 2.05) is 6.92 Å². The van der Waals surface area contributed by atoms with E-state index >= 15 is 0 Å². The molecule has 1 fully saturated rings. The number of hydrogen-bond donors (Lipinski definition) is 0. The lowest BCUT2D eigenvalue weighted by atomic mass is 10.0. The van der Waals surface area contributed by atoms with E-state index in [9.17, 15) is 9.18 Å². The zero-order valence-corrected chi connectivity index (χ0v) is 19.4. The Morgan fingerprint density at radius 2 is 1.94 bits per heavy atom. The lowest BCUT2D eigenvalue weighted by Crippen LogP contribution is -2.50. The SMILES string of the molecule is CC[C@H](C)c1nc(C)c(Cc2c(F)cccc2Cl)c(N2CCN(C(=O)COC)CC2)n1. The van der Waals surface area contributed by atoms with Gasteiger partial charge in [0.1, 0.15) is 24.1 Å². The number of rotatable bonds is 7. The van der Waals surface area contributed by atoms with Gasteiger partial charge in [-0.2, -0.15) is 0 Å². The average Bonchev–Trinajstić information content (AvgIpc) is 2.76. The molecule has 1 aromatic carbocycles. The number of carbonyl (C=O) groups is 1. The van der Waals surface area contributed by atoms with Gasteiger partial charge in [-0.05, 0) is 25.5 Å². The standard InChI is InChI=1S/C23H30ClFN4O2/c1-5-15(2)22-26-16(3)17(13-18-19(24)7-6-8-20(18)25)23(27-22)29-11-9-28(10-12-29)21(30)14-31-4/h6-8,15H,5,9-14H2,1-4H3/t15-/m0/s1. The quantitative estimate of drug-likeness (QED) is 0.641. The molecule has 2 aromatic rings. The van der Waals surface area contributed by atoms with E-state index in [-0.39, 0.29) is 24.2 Å². The number of anilines is 1. The molecule has 31 heavy (non-hydrogen) atoms. The van der Waals surface area contributed by atoms with Crippen molar-refractivity contribution in [2.45, 2.75) is 39.5 Å². The fourth-order valence-electron chi connectivity index (χ4n) is 3.73. The molecule has 0 saturated carbocycles. The van der Waals surface area contributed by atoms with Crippen LogP contribution in [0.3, 0.4) is 0 Å². The molecule has 1 aromatic heterocycles. The van der Waals surface area contributed by atoms with Gasteiger partial charge in [-0.25, -0.2) is 14.4 Å². The monoisotopic (exact) mass is 448 g/mol. The molecule has 0 aliphatic carbocycles. The summed E-state index contributed by atoms with van der Waals surface area (Å²) in [6.45, 7) is 8.70. The summed E-state index contributed by atoms with van der Waals surface area (Å²) in [7, 11) is 1.52. The zero-order chi connectivity index (χ0) is 22.5. The molecule has 0 spiro atoms. The number of ether oxygens (including phenoxy) is 1. The molecule has 0 unspecified atom stereocenters.